The van der Waals surface area contributed by atoms with Gasteiger partial charge in [0.05, 0.1) is 0 Å². The van der Waals surface area contributed by atoms with Gasteiger partial charge in [0, 0.05) is 23.8 Å². The minimum atomic E-state index is -0.0107. The molecule has 3 nitrogen and oxygen atoms in total. The summed E-state index contributed by atoms with van der Waals surface area (Å²) in [6.07, 6.45) is 2.75. The fraction of sp³-hybridized carbons (Fsp3) is 0.571. The van der Waals surface area contributed by atoms with Gasteiger partial charge in [0.1, 0.15) is 5.69 Å². The van der Waals surface area contributed by atoms with Crippen molar-refractivity contribution in [3.8, 4) is 0 Å². The topological polar surface area (TPSA) is 33.2 Å². The van der Waals surface area contributed by atoms with Gasteiger partial charge in [-0.1, -0.05) is 25.4 Å². The maximum Gasteiger partial charge on any atom is 0.272 e. The van der Waals surface area contributed by atoms with Crippen LogP contribution in [0, 0.1) is 11.8 Å². The average molecular weight is 267 g/mol. The summed E-state index contributed by atoms with van der Waals surface area (Å²) in [5.41, 5.74) is 0.440. The second-order valence-electron chi connectivity index (χ2n) is 5.38. The van der Waals surface area contributed by atoms with Gasteiger partial charge in [-0.15, -0.1) is 0 Å². The van der Waals surface area contributed by atoms with Crippen molar-refractivity contribution in [2.75, 3.05) is 6.54 Å². The number of carbonyl (C=O) groups is 1. The summed E-state index contributed by atoms with van der Waals surface area (Å²) in [7, 11) is 0. The normalized spacial score (nSPS) is 28.2. The van der Waals surface area contributed by atoms with Crippen molar-refractivity contribution in [2.24, 2.45) is 11.8 Å². The Balaban J connectivity index is 2.22. The maximum atomic E-state index is 12.5. The number of rotatable bonds is 1. The minimum absolute atomic E-state index is 0.0107. The first-order chi connectivity index (χ1) is 8.49. The number of nitrogens with zero attached hydrogens (tertiary/aromatic N) is 2. The van der Waals surface area contributed by atoms with Crippen molar-refractivity contribution in [1.82, 2.24) is 9.88 Å². The van der Waals surface area contributed by atoms with Crippen LogP contribution in [0.4, 0.5) is 0 Å². The molecule has 0 saturated carbocycles. The van der Waals surface area contributed by atoms with E-state index in [1.54, 1.807) is 18.3 Å². The summed E-state index contributed by atoms with van der Waals surface area (Å²) in [4.78, 5) is 18.5. The van der Waals surface area contributed by atoms with Crippen molar-refractivity contribution in [3.63, 3.8) is 0 Å². The standard InChI is InChI=1S/C14H19ClN2O/c1-9-6-10(2)11(3)17(8-9)14(18)13-7-12(15)4-5-16-13/h4-5,7,9-11H,6,8H2,1-3H3. The van der Waals surface area contributed by atoms with Crippen molar-refractivity contribution >= 4 is 17.5 Å². The van der Waals surface area contributed by atoms with Crippen molar-refractivity contribution < 1.29 is 4.79 Å². The fourth-order valence-electron chi connectivity index (χ4n) is 2.65. The number of pyridine rings is 1. The molecule has 2 rings (SSSR count). The lowest BCUT2D eigenvalue weighted by Gasteiger charge is -2.40. The third kappa shape index (κ3) is 2.66. The largest absolute Gasteiger partial charge is 0.334 e. The van der Waals surface area contributed by atoms with Crippen LogP contribution in [-0.4, -0.2) is 28.4 Å². The molecule has 1 aliphatic rings. The SMILES string of the molecule is CC1CC(C)C(C)N(C(=O)c2cc(Cl)ccn2)C1. The Hall–Kier alpha value is -1.09. The molecule has 0 spiro atoms. The molecule has 0 aliphatic carbocycles. The van der Waals surface area contributed by atoms with Crippen LogP contribution >= 0.6 is 11.6 Å². The molecule has 1 aromatic rings. The van der Waals surface area contributed by atoms with Crippen molar-refractivity contribution in [1.29, 1.82) is 0 Å². The number of likely N-dealkylation sites (tertiary alicyclic amines) is 1. The predicted molar refractivity (Wildman–Crippen MR) is 72.7 cm³/mol. The van der Waals surface area contributed by atoms with Gasteiger partial charge in [0.15, 0.2) is 0 Å². The monoisotopic (exact) mass is 266 g/mol. The molecule has 1 fully saturated rings. The van der Waals surface area contributed by atoms with E-state index < -0.39 is 0 Å². The zero-order valence-corrected chi connectivity index (χ0v) is 11.8. The van der Waals surface area contributed by atoms with Gasteiger partial charge in [-0.3, -0.25) is 9.78 Å². The molecule has 3 atom stereocenters. The minimum Gasteiger partial charge on any atom is -0.334 e. The number of hydrogen-bond acceptors (Lipinski definition) is 2. The lowest BCUT2D eigenvalue weighted by atomic mass is 9.86. The van der Waals surface area contributed by atoms with Crippen molar-refractivity contribution in [2.45, 2.75) is 33.2 Å². The molecule has 1 aliphatic heterocycles. The average Bonchev–Trinajstić information content (AvgIpc) is 2.33. The van der Waals surface area contributed by atoms with E-state index >= 15 is 0 Å². The lowest BCUT2D eigenvalue weighted by molar-refractivity contribution is 0.0450. The smallest absolute Gasteiger partial charge is 0.272 e. The summed E-state index contributed by atoms with van der Waals surface area (Å²) >= 11 is 5.91. The van der Waals surface area contributed by atoms with Crippen LogP contribution in [0.5, 0.6) is 0 Å². The highest BCUT2D eigenvalue weighted by atomic mass is 35.5. The van der Waals surface area contributed by atoms with E-state index in [-0.39, 0.29) is 11.9 Å². The van der Waals surface area contributed by atoms with Crippen LogP contribution in [0.2, 0.25) is 5.02 Å². The maximum absolute atomic E-state index is 12.5. The zero-order valence-electron chi connectivity index (χ0n) is 11.1. The first kappa shape index (κ1) is 13.3. The van der Waals surface area contributed by atoms with Gasteiger partial charge in [-0.05, 0) is 37.3 Å². The molecule has 1 saturated heterocycles. The van der Waals surface area contributed by atoms with Crippen LogP contribution in [0.15, 0.2) is 18.3 Å². The summed E-state index contributed by atoms with van der Waals surface area (Å²) < 4.78 is 0. The lowest BCUT2D eigenvalue weighted by Crippen LogP contribution is -2.49. The Morgan fingerprint density at radius 1 is 1.44 bits per heavy atom. The zero-order chi connectivity index (χ0) is 13.3. The number of hydrogen-bond donors (Lipinski definition) is 0. The van der Waals surface area contributed by atoms with E-state index in [2.05, 4.69) is 25.8 Å². The van der Waals surface area contributed by atoms with E-state index in [1.165, 1.54) is 6.42 Å². The molecular weight excluding hydrogens is 248 g/mol. The van der Waals surface area contributed by atoms with Crippen LogP contribution in [0.3, 0.4) is 0 Å². The van der Waals surface area contributed by atoms with Gasteiger partial charge in [0.2, 0.25) is 0 Å². The van der Waals surface area contributed by atoms with E-state index in [9.17, 15) is 4.79 Å². The molecular formula is C14H19ClN2O. The Kier molecular flexibility index (Phi) is 3.91. The number of halogens is 1. The van der Waals surface area contributed by atoms with Gasteiger partial charge in [-0.2, -0.15) is 0 Å². The summed E-state index contributed by atoms with van der Waals surface area (Å²) in [5, 5.41) is 0.555. The molecule has 3 unspecified atom stereocenters. The highest BCUT2D eigenvalue weighted by Crippen LogP contribution is 2.28. The number of aromatic nitrogens is 1. The Labute approximate surface area is 113 Å². The highest BCUT2D eigenvalue weighted by Gasteiger charge is 2.32. The van der Waals surface area contributed by atoms with Gasteiger partial charge >= 0.3 is 0 Å². The molecule has 18 heavy (non-hydrogen) atoms. The van der Waals surface area contributed by atoms with E-state index in [1.807, 2.05) is 4.90 Å². The molecule has 1 amide bonds. The molecule has 2 heterocycles. The third-order valence-electron chi connectivity index (χ3n) is 3.80. The van der Waals surface area contributed by atoms with Crippen LogP contribution in [0.25, 0.3) is 0 Å². The molecule has 4 heteroatoms. The Bertz CT molecular complexity index is 449. The van der Waals surface area contributed by atoms with Crippen molar-refractivity contribution in [3.05, 3.63) is 29.0 Å². The van der Waals surface area contributed by atoms with E-state index in [0.717, 1.165) is 6.54 Å². The first-order valence-corrected chi connectivity index (χ1v) is 6.79. The van der Waals surface area contributed by atoms with Crippen LogP contribution in [0.1, 0.15) is 37.7 Å². The number of piperidine rings is 1. The third-order valence-corrected chi connectivity index (χ3v) is 4.03. The molecule has 0 radical (unpaired) electrons. The van der Waals surface area contributed by atoms with Gasteiger partial charge in [0.25, 0.3) is 5.91 Å². The van der Waals surface area contributed by atoms with E-state index in [4.69, 9.17) is 11.6 Å². The van der Waals surface area contributed by atoms with Crippen LogP contribution < -0.4 is 0 Å². The molecule has 98 valence electrons. The number of carbonyl (C=O) groups excluding carboxylic acids is 1. The van der Waals surface area contributed by atoms with E-state index in [0.29, 0.717) is 22.6 Å². The summed E-state index contributed by atoms with van der Waals surface area (Å²) in [5.74, 6) is 1.06. The quantitative estimate of drug-likeness (QED) is 0.782. The predicted octanol–water partition coefficient (Wildman–Crippen LogP) is 3.24. The van der Waals surface area contributed by atoms with Gasteiger partial charge < -0.3 is 4.90 Å². The van der Waals surface area contributed by atoms with Crippen LogP contribution in [-0.2, 0) is 0 Å². The first-order valence-electron chi connectivity index (χ1n) is 6.41. The Morgan fingerprint density at radius 3 is 2.83 bits per heavy atom. The summed E-state index contributed by atoms with van der Waals surface area (Å²) in [6.45, 7) is 7.30. The Morgan fingerprint density at radius 2 is 2.17 bits per heavy atom. The molecule has 0 aromatic carbocycles. The summed E-state index contributed by atoms with van der Waals surface area (Å²) in [6, 6.07) is 3.58. The number of amides is 1. The molecule has 0 bridgehead atoms. The van der Waals surface area contributed by atoms with Gasteiger partial charge in [-0.25, -0.2) is 0 Å². The second kappa shape index (κ2) is 5.27. The molecule has 1 aromatic heterocycles. The second-order valence-corrected chi connectivity index (χ2v) is 5.81. The fourth-order valence-corrected chi connectivity index (χ4v) is 2.81. The highest BCUT2D eigenvalue weighted by molar-refractivity contribution is 6.30. The molecule has 0 N–H and O–H groups in total.